The lowest BCUT2D eigenvalue weighted by Crippen LogP contribution is -2.71. The van der Waals surface area contributed by atoms with Crippen molar-refractivity contribution >= 4 is 95.6 Å². The van der Waals surface area contributed by atoms with Gasteiger partial charge in [-0.3, -0.25) is 19.3 Å². The first kappa shape index (κ1) is 25.5. The Labute approximate surface area is 228 Å². The maximum atomic E-state index is 12.9. The molecular formula is C21H15N5O6S5. The van der Waals surface area contributed by atoms with Crippen LogP contribution >= 0.6 is 57.5 Å². The van der Waals surface area contributed by atoms with E-state index in [1.165, 1.54) is 51.6 Å². The molecular weight excluding hydrogens is 579 g/mol. The normalized spacial score (nSPS) is 19.8. The lowest BCUT2D eigenvalue weighted by Gasteiger charge is -2.49. The van der Waals surface area contributed by atoms with Crippen molar-refractivity contribution in [1.82, 2.24) is 15.2 Å². The Kier molecular flexibility index (Phi) is 7.09. The van der Waals surface area contributed by atoms with Gasteiger partial charge in [-0.2, -0.15) is 0 Å². The van der Waals surface area contributed by atoms with E-state index in [1.807, 2.05) is 11.4 Å². The number of β-lactam (4-membered cyclic amide) rings is 1. The largest absolute Gasteiger partial charge is 0.477 e. The number of thiophene rings is 1. The van der Waals surface area contributed by atoms with Crippen molar-refractivity contribution in [2.24, 2.45) is 5.16 Å². The van der Waals surface area contributed by atoms with Crippen LogP contribution in [0, 0.1) is 0 Å². The fourth-order valence-electron chi connectivity index (χ4n) is 3.70. The minimum atomic E-state index is -1.27. The number of thiazole rings is 1. The number of nitrogens with two attached hydrogens (primary N) is 1. The lowest BCUT2D eigenvalue weighted by molar-refractivity contribution is -0.150. The summed E-state index contributed by atoms with van der Waals surface area (Å²) in [6.45, 7) is 0. The molecule has 3 aromatic rings. The summed E-state index contributed by atoms with van der Waals surface area (Å²) in [6.07, 6.45) is 1.62. The summed E-state index contributed by atoms with van der Waals surface area (Å²) in [5.41, 5.74) is 5.42. The number of carbonyl (C=O) groups is 3. The maximum absolute atomic E-state index is 12.9. The van der Waals surface area contributed by atoms with Gasteiger partial charge in [0.1, 0.15) is 22.8 Å². The number of aliphatic carboxylic acids is 1. The Morgan fingerprint density at radius 3 is 2.84 bits per heavy atom. The van der Waals surface area contributed by atoms with Gasteiger partial charge in [-0.25, -0.2) is 9.78 Å². The molecule has 0 bridgehead atoms. The van der Waals surface area contributed by atoms with Crippen LogP contribution in [0.4, 0.5) is 5.13 Å². The van der Waals surface area contributed by atoms with E-state index >= 15 is 0 Å². The molecule has 16 heteroatoms. The van der Waals surface area contributed by atoms with Crippen LogP contribution in [0.2, 0.25) is 0 Å². The first-order valence-electron chi connectivity index (χ1n) is 10.3. The molecule has 3 aromatic heterocycles. The third kappa shape index (κ3) is 4.77. The van der Waals surface area contributed by atoms with Crippen LogP contribution in [-0.2, 0) is 14.4 Å². The molecule has 2 atom stereocenters. The average molecular weight is 594 g/mol. The highest BCUT2D eigenvalue weighted by molar-refractivity contribution is 8.04. The molecule has 0 saturated carbocycles. The van der Waals surface area contributed by atoms with Crippen molar-refractivity contribution in [3.05, 3.63) is 61.6 Å². The predicted octanol–water partition coefficient (Wildman–Crippen LogP) is 2.58. The van der Waals surface area contributed by atoms with E-state index in [2.05, 4.69) is 15.5 Å². The Bertz CT molecular complexity index is 1590. The van der Waals surface area contributed by atoms with Crippen molar-refractivity contribution in [3.8, 4) is 0 Å². The van der Waals surface area contributed by atoms with Gasteiger partial charge < -0.3 is 21.4 Å². The second kappa shape index (κ2) is 10.3. The molecule has 0 radical (unpaired) electrons. The van der Waals surface area contributed by atoms with E-state index in [-0.39, 0.29) is 27.7 Å². The molecule has 190 valence electrons. The van der Waals surface area contributed by atoms with Crippen LogP contribution in [0.25, 0.3) is 9.40 Å². The number of carbonyl (C=O) groups excluding carboxylic acids is 2. The summed E-state index contributed by atoms with van der Waals surface area (Å²) < 4.78 is 2.36. The molecule has 2 aliphatic rings. The molecule has 5 heterocycles. The first-order valence-corrected chi connectivity index (χ1v) is 14.8. The number of nitrogen functional groups attached to an aromatic ring is 1. The van der Waals surface area contributed by atoms with Crippen LogP contribution in [0.3, 0.4) is 0 Å². The number of oxime groups is 1. The van der Waals surface area contributed by atoms with Gasteiger partial charge in [0.25, 0.3) is 11.8 Å². The summed E-state index contributed by atoms with van der Waals surface area (Å²) in [4.78, 5) is 54.8. The monoisotopic (exact) mass is 593 g/mol. The van der Waals surface area contributed by atoms with Gasteiger partial charge in [-0.1, -0.05) is 16.9 Å². The van der Waals surface area contributed by atoms with Crippen LogP contribution in [0.1, 0.15) is 5.69 Å². The zero-order chi connectivity index (χ0) is 26.3. The molecule has 11 nitrogen and oxygen atoms in total. The number of thioether (sulfide) groups is 2. The minimum Gasteiger partial charge on any atom is -0.477 e. The van der Waals surface area contributed by atoms with E-state index in [0.29, 0.717) is 10.3 Å². The molecule has 0 aromatic carbocycles. The van der Waals surface area contributed by atoms with E-state index in [9.17, 15) is 29.5 Å². The Morgan fingerprint density at radius 1 is 1.32 bits per heavy atom. The third-order valence-electron chi connectivity index (χ3n) is 5.33. The van der Waals surface area contributed by atoms with E-state index in [1.54, 1.807) is 17.6 Å². The first-order chi connectivity index (χ1) is 17.8. The summed E-state index contributed by atoms with van der Waals surface area (Å²) >= 11 is 6.49. The number of fused-ring (bicyclic) bond motifs is 2. The molecule has 1 unspecified atom stereocenters. The van der Waals surface area contributed by atoms with Gasteiger partial charge in [-0.15, -0.1) is 45.8 Å². The Morgan fingerprint density at radius 2 is 2.14 bits per heavy atom. The fraction of sp³-hybridized carbons (Fsp3) is 0.143. The van der Waals surface area contributed by atoms with E-state index < -0.39 is 34.9 Å². The molecule has 1 saturated heterocycles. The van der Waals surface area contributed by atoms with Crippen molar-refractivity contribution in [3.63, 3.8) is 0 Å². The van der Waals surface area contributed by atoms with Crippen LogP contribution in [-0.4, -0.2) is 60.9 Å². The standard InChI is InChI=1S/C21H15N5O6S5/c22-21-23-9(7-36-21)13(25-32)17(28)24-14-18(29)26-15(20(30)31)8(6-35-19(14)26)1-3-33-12-5-10(27)16-11(37-12)2-4-34-16/h1-5,7,14,19,32H,6H2,(H2,22,23)(H,24,28)(H,30,31)/t14?,19-/m1/s1. The Hall–Kier alpha value is -3.18. The number of anilines is 1. The van der Waals surface area contributed by atoms with Crippen molar-refractivity contribution in [2.75, 3.05) is 11.5 Å². The second-order valence-corrected chi connectivity index (χ2v) is 12.7. The van der Waals surface area contributed by atoms with E-state index in [4.69, 9.17) is 5.73 Å². The molecule has 1 fully saturated rings. The average Bonchev–Trinajstić information content (AvgIpc) is 3.52. The molecule has 5 N–H and O–H groups in total. The number of allylic oxidation sites excluding steroid dienone is 1. The molecule has 37 heavy (non-hydrogen) atoms. The summed E-state index contributed by atoms with van der Waals surface area (Å²) in [5, 5.41) is 29.1. The maximum Gasteiger partial charge on any atom is 0.352 e. The number of carboxylic acid groups (broad SMARTS) is 1. The van der Waals surface area contributed by atoms with Gasteiger partial charge in [0.15, 0.2) is 16.3 Å². The molecule has 2 aliphatic heterocycles. The smallest absolute Gasteiger partial charge is 0.352 e. The van der Waals surface area contributed by atoms with Gasteiger partial charge in [0.2, 0.25) is 0 Å². The van der Waals surface area contributed by atoms with Crippen LogP contribution < -0.4 is 16.5 Å². The third-order valence-corrected chi connectivity index (χ3v) is 10.4. The molecule has 0 aliphatic carbocycles. The predicted molar refractivity (Wildman–Crippen MR) is 146 cm³/mol. The SMILES string of the molecule is Nc1nc(C(=NO)C(=O)NC2C(=O)N3C(C(=O)O)=C(C=CSc4cc(=O)c5sccc5s4)CS[C@H]23)cs1. The van der Waals surface area contributed by atoms with Gasteiger partial charge in [0.05, 0.1) is 13.6 Å². The summed E-state index contributed by atoms with van der Waals surface area (Å²) in [6, 6.07) is 2.43. The number of hydrogen-bond donors (Lipinski definition) is 4. The lowest BCUT2D eigenvalue weighted by atomic mass is 10.0. The molecule has 5 rings (SSSR count). The van der Waals surface area contributed by atoms with Gasteiger partial charge in [0, 0.05) is 17.2 Å². The number of carboxylic acids is 1. The molecule has 0 spiro atoms. The van der Waals surface area contributed by atoms with Gasteiger partial charge in [-0.05, 0) is 28.5 Å². The van der Waals surface area contributed by atoms with E-state index in [0.717, 1.165) is 25.1 Å². The molecule has 2 amide bonds. The number of hydrogen-bond acceptors (Lipinski definition) is 13. The van der Waals surface area contributed by atoms with Crippen molar-refractivity contribution in [2.45, 2.75) is 15.6 Å². The number of nitrogens with zero attached hydrogens (tertiary/aromatic N) is 3. The van der Waals surface area contributed by atoms with Gasteiger partial charge >= 0.3 is 5.97 Å². The quantitative estimate of drug-likeness (QED) is 0.105. The second-order valence-electron chi connectivity index (χ2n) is 7.52. The van der Waals surface area contributed by atoms with Crippen LogP contribution in [0.15, 0.2) is 59.8 Å². The Balaban J connectivity index is 1.31. The zero-order valence-corrected chi connectivity index (χ0v) is 22.4. The number of nitrogens with one attached hydrogen (secondary N) is 1. The zero-order valence-electron chi connectivity index (χ0n) is 18.3. The number of amides is 2. The van der Waals surface area contributed by atoms with Crippen LogP contribution in [0.5, 0.6) is 0 Å². The summed E-state index contributed by atoms with van der Waals surface area (Å²) in [5.74, 6) is -2.43. The van der Waals surface area contributed by atoms with Crippen molar-refractivity contribution in [1.29, 1.82) is 0 Å². The fourth-order valence-corrected chi connectivity index (χ4v) is 8.50. The number of rotatable bonds is 7. The highest BCUT2D eigenvalue weighted by Gasteiger charge is 2.54. The topological polar surface area (TPSA) is 175 Å². The highest BCUT2D eigenvalue weighted by Crippen LogP contribution is 2.41. The van der Waals surface area contributed by atoms with Crippen molar-refractivity contribution < 1.29 is 24.7 Å². The summed E-state index contributed by atoms with van der Waals surface area (Å²) in [7, 11) is 0. The minimum absolute atomic E-state index is 0.0571. The number of aromatic nitrogens is 1. The highest BCUT2D eigenvalue weighted by atomic mass is 32.2.